The molecule has 0 saturated heterocycles. The lowest BCUT2D eigenvalue weighted by Gasteiger charge is -2.34. The number of benzene rings is 3. The number of fused-ring (bicyclic) bond motifs is 2. The molecular weight excluding hydrogens is 356 g/mol. The van der Waals surface area contributed by atoms with E-state index in [1.807, 2.05) is 72.8 Å². The van der Waals surface area contributed by atoms with E-state index in [1.165, 1.54) is 0 Å². The lowest BCUT2D eigenvalue weighted by atomic mass is 9.68. The quantitative estimate of drug-likeness (QED) is 0.580. The Morgan fingerprint density at radius 3 is 1.96 bits per heavy atom. The summed E-state index contributed by atoms with van der Waals surface area (Å²) in [6.07, 6.45) is 0.366. The summed E-state index contributed by atoms with van der Waals surface area (Å²) < 4.78 is 0. The predicted molar refractivity (Wildman–Crippen MR) is 108 cm³/mol. The van der Waals surface area contributed by atoms with E-state index < -0.39 is 0 Å². The minimum atomic E-state index is -0.133. The van der Waals surface area contributed by atoms with Crippen molar-refractivity contribution in [1.82, 2.24) is 0 Å². The van der Waals surface area contributed by atoms with Gasteiger partial charge in [0, 0.05) is 34.4 Å². The molecule has 1 atom stereocenters. The topological polar surface area (TPSA) is 34.1 Å². The molecule has 4 rings (SSSR count). The van der Waals surface area contributed by atoms with Crippen molar-refractivity contribution in [3.8, 4) is 0 Å². The van der Waals surface area contributed by atoms with Crippen LogP contribution in [-0.2, 0) is 4.79 Å². The van der Waals surface area contributed by atoms with E-state index >= 15 is 0 Å². The van der Waals surface area contributed by atoms with Crippen LogP contribution in [0.25, 0.3) is 0 Å². The standard InChI is InChI=1S/C24H19ClO2/c1-15(26)14-21(16-8-6-7-13-22(16)25)23-17-9-2-4-11-19(17)24(27)20-12-5-3-10-18(20)23/h2-13,21,23H,14H2,1H3/t21-/m1/s1. The Hall–Kier alpha value is -2.71. The SMILES string of the molecule is CC(=O)C[C@H](c1ccccc1Cl)C1c2ccccc2C(=O)c2ccccc21. The summed E-state index contributed by atoms with van der Waals surface area (Å²) in [5, 5.41) is 0.649. The second-order valence-corrected chi connectivity index (χ2v) is 7.42. The first-order valence-electron chi connectivity index (χ1n) is 9.04. The molecule has 3 aromatic rings. The molecule has 27 heavy (non-hydrogen) atoms. The van der Waals surface area contributed by atoms with E-state index in [1.54, 1.807) is 6.92 Å². The van der Waals surface area contributed by atoms with Crippen molar-refractivity contribution in [2.24, 2.45) is 0 Å². The highest BCUT2D eigenvalue weighted by atomic mass is 35.5. The van der Waals surface area contributed by atoms with Crippen LogP contribution in [0.2, 0.25) is 5.02 Å². The molecule has 0 bridgehead atoms. The summed E-state index contributed by atoms with van der Waals surface area (Å²) >= 11 is 6.53. The summed E-state index contributed by atoms with van der Waals surface area (Å²) in [7, 11) is 0. The lowest BCUT2D eigenvalue weighted by molar-refractivity contribution is -0.117. The number of halogens is 1. The molecule has 0 unspecified atom stereocenters. The molecule has 2 nitrogen and oxygen atoms in total. The fourth-order valence-corrected chi connectivity index (χ4v) is 4.46. The minimum absolute atomic E-state index is 0.0400. The van der Waals surface area contributed by atoms with Gasteiger partial charge in [0.25, 0.3) is 0 Å². The summed E-state index contributed by atoms with van der Waals surface area (Å²) in [6.45, 7) is 1.61. The highest BCUT2D eigenvalue weighted by molar-refractivity contribution is 6.31. The van der Waals surface area contributed by atoms with Crippen LogP contribution < -0.4 is 0 Å². The fourth-order valence-electron chi connectivity index (χ4n) is 4.19. The average Bonchev–Trinajstić information content (AvgIpc) is 2.68. The maximum atomic E-state index is 13.0. The first-order chi connectivity index (χ1) is 13.1. The molecule has 0 aliphatic heterocycles. The highest BCUT2D eigenvalue weighted by Crippen LogP contribution is 2.47. The molecule has 3 heteroatoms. The van der Waals surface area contributed by atoms with Crippen LogP contribution in [0.1, 0.15) is 57.8 Å². The van der Waals surface area contributed by atoms with Gasteiger partial charge in [0.1, 0.15) is 5.78 Å². The first-order valence-corrected chi connectivity index (χ1v) is 9.42. The van der Waals surface area contributed by atoms with Crippen LogP contribution in [0.15, 0.2) is 72.8 Å². The number of hydrogen-bond donors (Lipinski definition) is 0. The number of rotatable bonds is 4. The van der Waals surface area contributed by atoms with Crippen LogP contribution in [0.4, 0.5) is 0 Å². The van der Waals surface area contributed by atoms with Gasteiger partial charge in [0.05, 0.1) is 0 Å². The number of carbonyl (C=O) groups excluding carboxylic acids is 2. The third-order valence-electron chi connectivity index (χ3n) is 5.30. The van der Waals surface area contributed by atoms with Gasteiger partial charge in [-0.25, -0.2) is 0 Å². The summed E-state index contributed by atoms with van der Waals surface area (Å²) in [6, 6.07) is 23.1. The molecular formula is C24H19ClO2. The Kier molecular flexibility index (Phi) is 4.67. The summed E-state index contributed by atoms with van der Waals surface area (Å²) in [5.74, 6) is -0.0875. The van der Waals surface area contributed by atoms with Crippen LogP contribution in [0.3, 0.4) is 0 Å². The molecule has 0 saturated carbocycles. The molecule has 0 radical (unpaired) electrons. The maximum absolute atomic E-state index is 13.0. The Morgan fingerprint density at radius 2 is 1.41 bits per heavy atom. The van der Waals surface area contributed by atoms with Crippen LogP contribution in [0.5, 0.6) is 0 Å². The zero-order valence-corrected chi connectivity index (χ0v) is 15.7. The zero-order chi connectivity index (χ0) is 19.0. The second-order valence-electron chi connectivity index (χ2n) is 7.02. The third kappa shape index (κ3) is 3.11. The van der Waals surface area contributed by atoms with Crippen LogP contribution >= 0.6 is 11.6 Å². The first kappa shape index (κ1) is 17.7. The molecule has 0 aromatic heterocycles. The molecule has 1 aliphatic carbocycles. The van der Waals surface area contributed by atoms with Crippen molar-refractivity contribution in [3.05, 3.63) is 106 Å². The molecule has 3 aromatic carbocycles. The van der Waals surface area contributed by atoms with Gasteiger partial charge in [-0.05, 0) is 29.7 Å². The van der Waals surface area contributed by atoms with Crippen molar-refractivity contribution in [2.45, 2.75) is 25.2 Å². The smallest absolute Gasteiger partial charge is 0.193 e. The molecule has 1 aliphatic rings. The minimum Gasteiger partial charge on any atom is -0.300 e. The van der Waals surface area contributed by atoms with Gasteiger partial charge in [-0.2, -0.15) is 0 Å². The number of ketones is 2. The van der Waals surface area contributed by atoms with E-state index in [2.05, 4.69) is 0 Å². The molecule has 0 amide bonds. The van der Waals surface area contributed by atoms with Crippen LogP contribution in [-0.4, -0.2) is 11.6 Å². The molecule has 134 valence electrons. The number of carbonyl (C=O) groups is 2. The van der Waals surface area contributed by atoms with Gasteiger partial charge in [-0.1, -0.05) is 78.3 Å². The van der Waals surface area contributed by atoms with Crippen molar-refractivity contribution in [3.63, 3.8) is 0 Å². The molecule has 0 N–H and O–H groups in total. The number of Topliss-reactive ketones (excluding diaryl/α,β-unsaturated/α-hetero) is 1. The van der Waals surface area contributed by atoms with Crippen molar-refractivity contribution >= 4 is 23.2 Å². The Bertz CT molecular complexity index is 988. The maximum Gasteiger partial charge on any atom is 0.193 e. The molecule has 0 spiro atoms. The largest absolute Gasteiger partial charge is 0.300 e. The Balaban J connectivity index is 1.98. The normalized spacial score (nSPS) is 14.4. The average molecular weight is 375 g/mol. The van der Waals surface area contributed by atoms with Crippen molar-refractivity contribution in [2.75, 3.05) is 0 Å². The van der Waals surface area contributed by atoms with Gasteiger partial charge in [0.2, 0.25) is 0 Å². The summed E-state index contributed by atoms with van der Waals surface area (Å²) in [4.78, 5) is 25.2. The van der Waals surface area contributed by atoms with E-state index in [-0.39, 0.29) is 23.4 Å². The number of hydrogen-bond acceptors (Lipinski definition) is 2. The lowest BCUT2D eigenvalue weighted by Crippen LogP contribution is -2.25. The van der Waals surface area contributed by atoms with E-state index in [0.717, 1.165) is 16.7 Å². The highest BCUT2D eigenvalue weighted by Gasteiger charge is 2.37. The van der Waals surface area contributed by atoms with Crippen molar-refractivity contribution < 1.29 is 9.59 Å². The van der Waals surface area contributed by atoms with Gasteiger partial charge >= 0.3 is 0 Å². The van der Waals surface area contributed by atoms with Gasteiger partial charge < -0.3 is 4.79 Å². The van der Waals surface area contributed by atoms with Gasteiger partial charge in [-0.15, -0.1) is 0 Å². The summed E-state index contributed by atoms with van der Waals surface area (Å²) in [5.41, 5.74) is 4.29. The van der Waals surface area contributed by atoms with E-state index in [9.17, 15) is 9.59 Å². The third-order valence-corrected chi connectivity index (χ3v) is 5.64. The van der Waals surface area contributed by atoms with E-state index in [4.69, 9.17) is 11.6 Å². The monoisotopic (exact) mass is 374 g/mol. The Morgan fingerprint density at radius 1 is 0.889 bits per heavy atom. The van der Waals surface area contributed by atoms with Gasteiger partial charge in [0.15, 0.2) is 5.78 Å². The second kappa shape index (κ2) is 7.13. The van der Waals surface area contributed by atoms with Crippen molar-refractivity contribution in [1.29, 1.82) is 0 Å². The fraction of sp³-hybridized carbons (Fsp3) is 0.167. The van der Waals surface area contributed by atoms with Gasteiger partial charge in [-0.3, -0.25) is 4.79 Å². The van der Waals surface area contributed by atoms with Crippen LogP contribution in [0, 0.1) is 0 Å². The predicted octanol–water partition coefficient (Wildman–Crippen LogP) is 5.78. The molecule has 0 heterocycles. The van der Waals surface area contributed by atoms with E-state index in [0.29, 0.717) is 22.6 Å². The molecule has 0 fully saturated rings. The zero-order valence-electron chi connectivity index (χ0n) is 15.0. The Labute approximate surface area is 163 Å².